The monoisotopic (exact) mass is 290 g/mol. The number of likely N-dealkylation sites (tertiary alicyclic amines) is 1. The Morgan fingerprint density at radius 2 is 2.35 bits per heavy atom. The zero-order valence-electron chi connectivity index (χ0n) is 12.2. The van der Waals surface area contributed by atoms with Gasteiger partial charge in [0.05, 0.1) is 10.2 Å². The van der Waals surface area contributed by atoms with Crippen LogP contribution in [0.25, 0.3) is 10.2 Å². The molecule has 1 aliphatic heterocycles. The highest BCUT2D eigenvalue weighted by atomic mass is 32.1. The first-order chi connectivity index (χ1) is 9.67. The van der Waals surface area contributed by atoms with Crippen LogP contribution in [0.4, 0.5) is 10.8 Å². The van der Waals surface area contributed by atoms with Gasteiger partial charge in [-0.25, -0.2) is 4.98 Å². The number of rotatable bonds is 4. The molecule has 0 saturated carbocycles. The van der Waals surface area contributed by atoms with Crippen LogP contribution < -0.4 is 10.6 Å². The molecule has 1 fully saturated rings. The van der Waals surface area contributed by atoms with Crippen molar-refractivity contribution in [2.24, 2.45) is 0 Å². The highest BCUT2D eigenvalue weighted by molar-refractivity contribution is 7.22. The summed E-state index contributed by atoms with van der Waals surface area (Å²) in [6.45, 7) is 5.70. The van der Waals surface area contributed by atoms with Gasteiger partial charge in [0.25, 0.3) is 0 Å². The molecule has 1 aromatic heterocycles. The Labute approximate surface area is 124 Å². The van der Waals surface area contributed by atoms with Crippen molar-refractivity contribution >= 4 is 32.4 Å². The standard InChI is InChI=1S/C15H22N4S/c1-3-19-8-4-5-12(19)10-18(2)15-17-13-7-6-11(16)9-14(13)20-15/h6-7,9,12H,3-5,8,10,16H2,1-2H3. The average Bonchev–Trinajstić information content (AvgIpc) is 3.04. The summed E-state index contributed by atoms with van der Waals surface area (Å²) in [5.74, 6) is 0. The molecule has 1 aromatic carbocycles. The Kier molecular flexibility index (Phi) is 3.81. The van der Waals surface area contributed by atoms with E-state index in [1.807, 2.05) is 18.2 Å². The molecule has 20 heavy (non-hydrogen) atoms. The second-order valence-corrected chi connectivity index (χ2v) is 6.54. The van der Waals surface area contributed by atoms with Crippen LogP contribution in [0.1, 0.15) is 19.8 Å². The fraction of sp³-hybridized carbons (Fsp3) is 0.533. The van der Waals surface area contributed by atoms with Gasteiger partial charge in [-0.3, -0.25) is 4.90 Å². The highest BCUT2D eigenvalue weighted by Crippen LogP contribution is 2.30. The zero-order valence-corrected chi connectivity index (χ0v) is 13.0. The molecule has 1 unspecified atom stereocenters. The van der Waals surface area contributed by atoms with Gasteiger partial charge in [0.2, 0.25) is 0 Å². The van der Waals surface area contributed by atoms with Gasteiger partial charge in [-0.1, -0.05) is 18.3 Å². The van der Waals surface area contributed by atoms with Gasteiger partial charge < -0.3 is 10.6 Å². The summed E-state index contributed by atoms with van der Waals surface area (Å²) in [5, 5.41) is 1.09. The van der Waals surface area contributed by atoms with Crippen LogP contribution in [0.3, 0.4) is 0 Å². The molecule has 3 rings (SSSR count). The number of aromatic nitrogens is 1. The van der Waals surface area contributed by atoms with Crippen molar-refractivity contribution in [3.63, 3.8) is 0 Å². The van der Waals surface area contributed by atoms with Gasteiger partial charge in [-0.15, -0.1) is 0 Å². The van der Waals surface area contributed by atoms with Gasteiger partial charge >= 0.3 is 0 Å². The molecule has 0 spiro atoms. The van der Waals surface area contributed by atoms with Crippen LogP contribution in [0.5, 0.6) is 0 Å². The number of nitrogens with two attached hydrogens (primary N) is 1. The van der Waals surface area contributed by atoms with E-state index in [-0.39, 0.29) is 0 Å². The molecule has 2 aromatic rings. The SMILES string of the molecule is CCN1CCCC1CN(C)c1nc2ccc(N)cc2s1. The van der Waals surface area contributed by atoms with E-state index < -0.39 is 0 Å². The zero-order chi connectivity index (χ0) is 14.1. The number of nitrogens with zero attached hydrogens (tertiary/aromatic N) is 3. The third-order valence-corrected chi connectivity index (χ3v) is 5.25. The van der Waals surface area contributed by atoms with E-state index in [2.05, 4.69) is 23.8 Å². The minimum Gasteiger partial charge on any atom is -0.399 e. The Balaban J connectivity index is 1.76. The molecule has 1 aliphatic rings. The van der Waals surface area contributed by atoms with Crippen LogP contribution in [0.2, 0.25) is 0 Å². The molecule has 0 bridgehead atoms. The number of likely N-dealkylation sites (N-methyl/N-ethyl adjacent to an activating group) is 2. The van der Waals surface area contributed by atoms with Gasteiger partial charge in [0.15, 0.2) is 5.13 Å². The third kappa shape index (κ3) is 2.60. The molecule has 1 saturated heterocycles. The lowest BCUT2D eigenvalue weighted by atomic mass is 10.2. The summed E-state index contributed by atoms with van der Waals surface area (Å²) in [5.41, 5.74) is 7.69. The second-order valence-electron chi connectivity index (χ2n) is 5.53. The van der Waals surface area contributed by atoms with Crippen LogP contribution >= 0.6 is 11.3 Å². The van der Waals surface area contributed by atoms with Crippen molar-refractivity contribution in [1.82, 2.24) is 9.88 Å². The lowest BCUT2D eigenvalue weighted by Gasteiger charge is -2.27. The predicted molar refractivity (Wildman–Crippen MR) is 87.6 cm³/mol. The number of benzene rings is 1. The molecular formula is C15H22N4S. The maximum atomic E-state index is 5.84. The van der Waals surface area contributed by atoms with Crippen LogP contribution in [0, 0.1) is 0 Å². The number of hydrogen-bond acceptors (Lipinski definition) is 5. The van der Waals surface area contributed by atoms with Crippen LogP contribution in [-0.2, 0) is 0 Å². The topological polar surface area (TPSA) is 45.4 Å². The molecule has 108 valence electrons. The van der Waals surface area contributed by atoms with Gasteiger partial charge in [-0.2, -0.15) is 0 Å². The van der Waals surface area contributed by atoms with E-state index >= 15 is 0 Å². The van der Waals surface area contributed by atoms with Crippen molar-refractivity contribution < 1.29 is 0 Å². The smallest absolute Gasteiger partial charge is 0.186 e. The molecule has 1 atom stereocenters. The normalized spacial score (nSPS) is 19.8. The Hall–Kier alpha value is -1.33. The number of nitrogen functional groups attached to an aromatic ring is 1. The first-order valence-corrected chi connectivity index (χ1v) is 8.10. The minimum atomic E-state index is 0.669. The van der Waals surface area contributed by atoms with E-state index in [1.165, 1.54) is 24.1 Å². The number of thiazole rings is 1. The van der Waals surface area contributed by atoms with Crippen LogP contribution in [0.15, 0.2) is 18.2 Å². The predicted octanol–water partition coefficient (Wildman–Crippen LogP) is 2.80. The summed E-state index contributed by atoms with van der Waals surface area (Å²) in [4.78, 5) is 9.58. The van der Waals surface area contributed by atoms with Crippen LogP contribution in [-0.4, -0.2) is 42.6 Å². The lowest BCUT2D eigenvalue weighted by molar-refractivity contribution is 0.270. The molecule has 4 nitrogen and oxygen atoms in total. The van der Waals surface area contributed by atoms with E-state index in [1.54, 1.807) is 11.3 Å². The molecule has 0 aliphatic carbocycles. The summed E-state index contributed by atoms with van der Waals surface area (Å²) < 4.78 is 1.17. The summed E-state index contributed by atoms with van der Waals surface area (Å²) >= 11 is 1.73. The summed E-state index contributed by atoms with van der Waals surface area (Å²) in [6, 6.07) is 6.61. The molecule has 0 radical (unpaired) electrons. The number of fused-ring (bicyclic) bond motifs is 1. The molecule has 0 amide bonds. The molecule has 2 N–H and O–H groups in total. The maximum absolute atomic E-state index is 5.84. The first-order valence-electron chi connectivity index (χ1n) is 7.28. The molecule has 2 heterocycles. The van der Waals surface area contributed by atoms with E-state index in [0.717, 1.165) is 29.4 Å². The van der Waals surface area contributed by atoms with Gasteiger partial charge in [-0.05, 0) is 44.1 Å². The summed E-state index contributed by atoms with van der Waals surface area (Å²) in [6.07, 6.45) is 2.62. The van der Waals surface area contributed by atoms with Crippen molar-refractivity contribution in [2.45, 2.75) is 25.8 Å². The number of hydrogen-bond donors (Lipinski definition) is 1. The largest absolute Gasteiger partial charge is 0.399 e. The molecule has 5 heteroatoms. The van der Waals surface area contributed by atoms with E-state index in [9.17, 15) is 0 Å². The number of anilines is 2. The van der Waals surface area contributed by atoms with Crippen molar-refractivity contribution in [1.29, 1.82) is 0 Å². The minimum absolute atomic E-state index is 0.669. The second kappa shape index (κ2) is 5.58. The Morgan fingerprint density at radius 3 is 3.15 bits per heavy atom. The first kappa shape index (κ1) is 13.6. The van der Waals surface area contributed by atoms with Crippen molar-refractivity contribution in [2.75, 3.05) is 37.3 Å². The average molecular weight is 290 g/mol. The fourth-order valence-electron chi connectivity index (χ4n) is 3.00. The van der Waals surface area contributed by atoms with Gasteiger partial charge in [0.1, 0.15) is 0 Å². The van der Waals surface area contributed by atoms with Gasteiger partial charge in [0, 0.05) is 25.3 Å². The Bertz CT molecular complexity index is 595. The quantitative estimate of drug-likeness (QED) is 0.880. The van der Waals surface area contributed by atoms with Crippen molar-refractivity contribution in [3.05, 3.63) is 18.2 Å². The highest BCUT2D eigenvalue weighted by Gasteiger charge is 2.24. The molecular weight excluding hydrogens is 268 g/mol. The van der Waals surface area contributed by atoms with Crippen molar-refractivity contribution in [3.8, 4) is 0 Å². The fourth-order valence-corrected chi connectivity index (χ4v) is 3.99. The summed E-state index contributed by atoms with van der Waals surface area (Å²) in [7, 11) is 2.15. The van der Waals surface area contributed by atoms with E-state index in [4.69, 9.17) is 10.7 Å². The van der Waals surface area contributed by atoms with E-state index in [0.29, 0.717) is 6.04 Å². The third-order valence-electron chi connectivity index (χ3n) is 4.12. The Morgan fingerprint density at radius 1 is 1.50 bits per heavy atom. The maximum Gasteiger partial charge on any atom is 0.186 e. The lowest BCUT2D eigenvalue weighted by Crippen LogP contribution is -2.38.